The number of benzene rings is 1. The molecule has 0 unspecified atom stereocenters. The van der Waals surface area contributed by atoms with Crippen LogP contribution in [0.15, 0.2) is 30.3 Å². The van der Waals surface area contributed by atoms with Crippen molar-refractivity contribution in [2.45, 2.75) is 6.42 Å². The number of carbonyl (C=O) groups excluding carboxylic acids is 1. The Morgan fingerprint density at radius 1 is 1.20 bits per heavy atom. The Morgan fingerprint density at radius 3 is 2.30 bits per heavy atom. The molecule has 0 aromatic heterocycles. The SMILES string of the molecule is O=[C-]Cc1ccccc1.[Co]. The van der Waals surface area contributed by atoms with E-state index in [1.54, 1.807) is 0 Å². The third-order valence-electron chi connectivity index (χ3n) is 1.12. The van der Waals surface area contributed by atoms with Gasteiger partial charge in [0, 0.05) is 16.8 Å². The van der Waals surface area contributed by atoms with E-state index < -0.39 is 0 Å². The Labute approximate surface area is 70.6 Å². The summed E-state index contributed by atoms with van der Waals surface area (Å²) in [5, 5.41) is 0. The Hall–Kier alpha value is -0.604. The van der Waals surface area contributed by atoms with Gasteiger partial charge in [-0.25, -0.2) is 0 Å². The average Bonchev–Trinajstić information content (AvgIpc) is 1.91. The third-order valence-corrected chi connectivity index (χ3v) is 1.12. The molecule has 0 heterocycles. The first-order valence-corrected chi connectivity index (χ1v) is 2.82. The Kier molecular flexibility index (Phi) is 4.89. The van der Waals surface area contributed by atoms with Gasteiger partial charge in [0.15, 0.2) is 0 Å². The summed E-state index contributed by atoms with van der Waals surface area (Å²) >= 11 is 0. The molecule has 1 nitrogen and oxygen atoms in total. The van der Waals surface area contributed by atoms with Gasteiger partial charge in [0.05, 0.1) is 0 Å². The minimum atomic E-state index is 0. The Morgan fingerprint density at radius 2 is 1.80 bits per heavy atom. The molecular formula is C8H7CoO-. The van der Waals surface area contributed by atoms with Crippen molar-refractivity contribution in [3.8, 4) is 0 Å². The predicted molar refractivity (Wildman–Crippen MR) is 35.8 cm³/mol. The zero-order valence-electron chi connectivity index (χ0n) is 5.34. The summed E-state index contributed by atoms with van der Waals surface area (Å²) < 4.78 is 0. The van der Waals surface area contributed by atoms with E-state index in [2.05, 4.69) is 0 Å². The van der Waals surface area contributed by atoms with E-state index in [0.717, 1.165) is 5.56 Å². The topological polar surface area (TPSA) is 17.1 Å². The molecule has 0 atom stereocenters. The molecule has 0 saturated heterocycles. The maximum Gasteiger partial charge on any atom is 0 e. The molecule has 0 saturated carbocycles. The molecule has 1 rings (SSSR count). The molecular weight excluding hydrogens is 171 g/mol. The zero-order valence-corrected chi connectivity index (χ0v) is 6.38. The van der Waals surface area contributed by atoms with Crippen LogP contribution < -0.4 is 0 Å². The largest absolute Gasteiger partial charge is 0.541 e. The number of hydrogen-bond acceptors (Lipinski definition) is 1. The second-order valence-corrected chi connectivity index (χ2v) is 1.81. The van der Waals surface area contributed by atoms with Gasteiger partial charge in [-0.1, -0.05) is 35.9 Å². The molecule has 0 spiro atoms. The molecule has 0 amide bonds. The second-order valence-electron chi connectivity index (χ2n) is 1.81. The second kappa shape index (κ2) is 5.20. The van der Waals surface area contributed by atoms with Crippen LogP contribution in [-0.4, -0.2) is 6.29 Å². The Bertz CT molecular complexity index is 184. The minimum absolute atomic E-state index is 0. The molecule has 1 aromatic rings. The van der Waals surface area contributed by atoms with Crippen LogP contribution in [0.25, 0.3) is 0 Å². The third kappa shape index (κ3) is 2.80. The van der Waals surface area contributed by atoms with E-state index in [4.69, 9.17) is 0 Å². The quantitative estimate of drug-likeness (QED) is 0.624. The van der Waals surface area contributed by atoms with E-state index in [1.165, 1.54) is 0 Å². The van der Waals surface area contributed by atoms with Gasteiger partial charge in [-0.05, 0) is 0 Å². The summed E-state index contributed by atoms with van der Waals surface area (Å²) in [6.07, 6.45) is 2.24. The van der Waals surface area contributed by atoms with Crippen LogP contribution in [0.1, 0.15) is 5.56 Å². The molecule has 0 aliphatic carbocycles. The molecule has 2 heteroatoms. The predicted octanol–water partition coefficient (Wildman–Crippen LogP) is 1.34. The van der Waals surface area contributed by atoms with Crippen molar-refractivity contribution < 1.29 is 21.6 Å². The molecule has 0 aliphatic heterocycles. The fraction of sp³-hybridized carbons (Fsp3) is 0.125. The first-order chi connectivity index (χ1) is 4.43. The van der Waals surface area contributed by atoms with Crippen LogP contribution in [0.4, 0.5) is 0 Å². The van der Waals surface area contributed by atoms with Gasteiger partial charge in [-0.15, -0.1) is 6.42 Å². The van der Waals surface area contributed by atoms with Gasteiger partial charge >= 0.3 is 0 Å². The minimum Gasteiger partial charge on any atom is -0.541 e. The maximum absolute atomic E-state index is 9.85. The van der Waals surface area contributed by atoms with Crippen molar-refractivity contribution in [1.29, 1.82) is 0 Å². The zero-order chi connectivity index (χ0) is 6.53. The summed E-state index contributed by atoms with van der Waals surface area (Å²) in [5.74, 6) is 0. The first kappa shape index (κ1) is 9.40. The van der Waals surface area contributed by atoms with Crippen LogP contribution in [-0.2, 0) is 28.0 Å². The molecule has 55 valence electrons. The van der Waals surface area contributed by atoms with Crippen LogP contribution in [0, 0.1) is 0 Å². The number of rotatable bonds is 2. The van der Waals surface area contributed by atoms with E-state index in [1.807, 2.05) is 36.6 Å². The van der Waals surface area contributed by atoms with Crippen molar-refractivity contribution in [1.82, 2.24) is 0 Å². The smallest absolute Gasteiger partial charge is 0 e. The molecule has 0 N–H and O–H groups in total. The Balaban J connectivity index is 0.000000810. The van der Waals surface area contributed by atoms with Gasteiger partial charge in [0.25, 0.3) is 0 Å². The van der Waals surface area contributed by atoms with Gasteiger partial charge < -0.3 is 4.79 Å². The summed E-state index contributed by atoms with van der Waals surface area (Å²) in [6.45, 7) is 0. The van der Waals surface area contributed by atoms with E-state index in [9.17, 15) is 4.79 Å². The van der Waals surface area contributed by atoms with Crippen molar-refractivity contribution in [2.24, 2.45) is 0 Å². The molecule has 0 fully saturated rings. The van der Waals surface area contributed by atoms with Gasteiger partial charge in [0.2, 0.25) is 0 Å². The van der Waals surface area contributed by atoms with Crippen LogP contribution in [0.5, 0.6) is 0 Å². The van der Waals surface area contributed by atoms with Crippen molar-refractivity contribution >= 4 is 6.29 Å². The molecule has 1 aromatic carbocycles. The monoisotopic (exact) mass is 178 g/mol. The van der Waals surface area contributed by atoms with Gasteiger partial charge in [-0.3, -0.25) is 6.29 Å². The van der Waals surface area contributed by atoms with Crippen LogP contribution >= 0.6 is 0 Å². The van der Waals surface area contributed by atoms with E-state index >= 15 is 0 Å². The molecule has 10 heavy (non-hydrogen) atoms. The van der Waals surface area contributed by atoms with Crippen molar-refractivity contribution in [2.75, 3.05) is 0 Å². The molecule has 0 aliphatic rings. The molecule has 1 radical (unpaired) electrons. The maximum atomic E-state index is 9.85. The normalized spacial score (nSPS) is 8.00. The van der Waals surface area contributed by atoms with Gasteiger partial charge in [0.1, 0.15) is 0 Å². The van der Waals surface area contributed by atoms with E-state index in [0.29, 0.717) is 6.42 Å². The average molecular weight is 178 g/mol. The first-order valence-electron chi connectivity index (χ1n) is 2.82. The summed E-state index contributed by atoms with van der Waals surface area (Å²) in [7, 11) is 0. The fourth-order valence-corrected chi connectivity index (χ4v) is 0.679. The van der Waals surface area contributed by atoms with Crippen LogP contribution in [0.3, 0.4) is 0 Å². The van der Waals surface area contributed by atoms with Crippen molar-refractivity contribution in [3.05, 3.63) is 35.9 Å². The number of hydrogen-bond donors (Lipinski definition) is 0. The van der Waals surface area contributed by atoms with Crippen LogP contribution in [0.2, 0.25) is 0 Å². The fourth-order valence-electron chi connectivity index (χ4n) is 0.679. The summed E-state index contributed by atoms with van der Waals surface area (Å²) in [6, 6.07) is 9.56. The van der Waals surface area contributed by atoms with Crippen molar-refractivity contribution in [3.63, 3.8) is 0 Å². The summed E-state index contributed by atoms with van der Waals surface area (Å²) in [5.41, 5.74) is 1.02. The van der Waals surface area contributed by atoms with E-state index in [-0.39, 0.29) is 16.8 Å². The molecule has 0 bridgehead atoms. The summed E-state index contributed by atoms with van der Waals surface area (Å²) in [4.78, 5) is 9.85. The van der Waals surface area contributed by atoms with Gasteiger partial charge in [-0.2, -0.15) is 0 Å². The standard InChI is InChI=1S/C8H7O.Co/c9-7-6-8-4-2-1-3-5-8;/h1-5H,6H2;/q-1;.